The summed E-state index contributed by atoms with van der Waals surface area (Å²) >= 11 is 0. The van der Waals surface area contributed by atoms with Crippen LogP contribution in [0.3, 0.4) is 0 Å². The lowest BCUT2D eigenvalue weighted by molar-refractivity contribution is 0.165. The topological polar surface area (TPSA) is 18.5 Å². The summed E-state index contributed by atoms with van der Waals surface area (Å²) in [5, 5.41) is 0. The van der Waals surface area contributed by atoms with Crippen molar-refractivity contribution >= 4 is 9.76 Å². The predicted octanol–water partition coefficient (Wildman–Crippen LogP) is 0.491. The minimum absolute atomic E-state index is 0.331. The third-order valence-electron chi connectivity index (χ3n) is 0.925. The van der Waals surface area contributed by atoms with E-state index >= 15 is 0 Å². The molecule has 0 saturated heterocycles. The molecule has 0 aliphatic carbocycles. The van der Waals surface area contributed by atoms with Crippen LogP contribution in [0, 0.1) is 0 Å². The van der Waals surface area contributed by atoms with Gasteiger partial charge in [-0.25, -0.2) is 0 Å². The third-order valence-corrected chi connectivity index (χ3v) is 2.08. The Morgan fingerprint density at radius 2 is 2.11 bits per heavy atom. The van der Waals surface area contributed by atoms with Crippen LogP contribution < -0.4 is 0 Å². The van der Waals surface area contributed by atoms with Crippen molar-refractivity contribution in [3.05, 3.63) is 0 Å². The third kappa shape index (κ3) is 8.14. The molecule has 0 aromatic carbocycles. The highest BCUT2D eigenvalue weighted by atomic mass is 28.2. The minimum atomic E-state index is -0.331. The molecule has 0 aromatic heterocycles. The summed E-state index contributed by atoms with van der Waals surface area (Å²) in [6.07, 6.45) is 1.99. The van der Waals surface area contributed by atoms with Crippen LogP contribution in [0.4, 0.5) is 0 Å². The Hall–Kier alpha value is 0.137. The highest BCUT2D eigenvalue weighted by Gasteiger charge is 1.85. The Morgan fingerprint density at radius 1 is 1.33 bits per heavy atom. The maximum atomic E-state index is 5.22. The van der Waals surface area contributed by atoms with E-state index in [2.05, 4.69) is 6.92 Å². The van der Waals surface area contributed by atoms with Gasteiger partial charge in [0.15, 0.2) is 9.76 Å². The van der Waals surface area contributed by atoms with E-state index in [1.54, 1.807) is 0 Å². The monoisotopic (exact) mass is 148 g/mol. The first kappa shape index (κ1) is 9.14. The highest BCUT2D eigenvalue weighted by molar-refractivity contribution is 6.26. The van der Waals surface area contributed by atoms with E-state index in [-0.39, 0.29) is 9.76 Å². The van der Waals surface area contributed by atoms with Gasteiger partial charge in [0.25, 0.3) is 0 Å². The molecule has 0 amide bonds. The lowest BCUT2D eigenvalue weighted by atomic mass is 10.5. The fourth-order valence-electron chi connectivity index (χ4n) is 0.509. The van der Waals surface area contributed by atoms with Crippen LogP contribution in [0.25, 0.3) is 0 Å². The van der Waals surface area contributed by atoms with E-state index in [0.717, 1.165) is 25.9 Å². The average Bonchev–Trinajstić information content (AvgIpc) is 1.89. The van der Waals surface area contributed by atoms with Gasteiger partial charge in [-0.1, -0.05) is 6.92 Å². The molecule has 0 unspecified atom stereocenters. The first-order valence-corrected chi connectivity index (χ1v) is 5.15. The van der Waals surface area contributed by atoms with Crippen molar-refractivity contribution in [2.24, 2.45) is 0 Å². The first-order chi connectivity index (χ1) is 4.41. The molecule has 2 nitrogen and oxygen atoms in total. The quantitative estimate of drug-likeness (QED) is 0.403. The minimum Gasteiger partial charge on any atom is -0.422 e. The van der Waals surface area contributed by atoms with Gasteiger partial charge in [-0.2, -0.15) is 0 Å². The standard InChI is InChI=1S/C6H16O2Si/c1-3-5-7-6-9-8-4-2/h3-6,9H2,1-2H3. The number of hydrogen-bond donors (Lipinski definition) is 0. The lowest BCUT2D eigenvalue weighted by Crippen LogP contribution is -2.08. The van der Waals surface area contributed by atoms with E-state index in [1.807, 2.05) is 6.92 Å². The summed E-state index contributed by atoms with van der Waals surface area (Å²) in [5.74, 6) is 0. The lowest BCUT2D eigenvalue weighted by Gasteiger charge is -2.00. The van der Waals surface area contributed by atoms with Crippen LogP contribution in [-0.2, 0) is 9.16 Å². The molecule has 56 valence electrons. The largest absolute Gasteiger partial charge is 0.422 e. The molecule has 0 saturated carbocycles. The maximum absolute atomic E-state index is 5.22. The van der Waals surface area contributed by atoms with Gasteiger partial charge in [0, 0.05) is 13.2 Å². The van der Waals surface area contributed by atoms with Crippen molar-refractivity contribution in [2.45, 2.75) is 20.3 Å². The Morgan fingerprint density at radius 3 is 2.67 bits per heavy atom. The number of hydrogen-bond acceptors (Lipinski definition) is 2. The molecule has 0 aromatic rings. The van der Waals surface area contributed by atoms with E-state index in [9.17, 15) is 0 Å². The van der Waals surface area contributed by atoms with Gasteiger partial charge < -0.3 is 9.16 Å². The van der Waals surface area contributed by atoms with E-state index in [4.69, 9.17) is 9.16 Å². The van der Waals surface area contributed by atoms with Crippen molar-refractivity contribution < 1.29 is 9.16 Å². The average molecular weight is 148 g/mol. The van der Waals surface area contributed by atoms with Crippen LogP contribution in [0.1, 0.15) is 20.3 Å². The molecule has 0 fully saturated rings. The Bertz CT molecular complexity index is 44.3. The van der Waals surface area contributed by atoms with Gasteiger partial charge in [-0.05, 0) is 13.3 Å². The van der Waals surface area contributed by atoms with Gasteiger partial charge in [-0.3, -0.25) is 0 Å². The second kappa shape index (κ2) is 8.14. The van der Waals surface area contributed by atoms with Crippen molar-refractivity contribution in [3.8, 4) is 0 Å². The van der Waals surface area contributed by atoms with Crippen molar-refractivity contribution in [3.63, 3.8) is 0 Å². The summed E-state index contributed by atoms with van der Waals surface area (Å²) in [4.78, 5) is 0. The van der Waals surface area contributed by atoms with Gasteiger partial charge in [0.1, 0.15) is 0 Å². The second-order valence-electron chi connectivity index (χ2n) is 1.81. The summed E-state index contributed by atoms with van der Waals surface area (Å²) in [7, 11) is -0.331. The van der Waals surface area contributed by atoms with E-state index in [1.165, 1.54) is 0 Å². The maximum Gasteiger partial charge on any atom is 0.186 e. The zero-order chi connectivity index (χ0) is 6.95. The van der Waals surface area contributed by atoms with Crippen molar-refractivity contribution in [1.82, 2.24) is 0 Å². The predicted molar refractivity (Wildman–Crippen MR) is 41.3 cm³/mol. The van der Waals surface area contributed by atoms with Crippen LogP contribution in [0.15, 0.2) is 0 Å². The molecule has 0 radical (unpaired) electrons. The van der Waals surface area contributed by atoms with Crippen molar-refractivity contribution in [2.75, 3.05) is 19.4 Å². The smallest absolute Gasteiger partial charge is 0.186 e. The molecule has 0 heterocycles. The Labute approximate surface area is 59.5 Å². The Balaban J connectivity index is 2.60. The SMILES string of the molecule is CCCOC[SiH2]OCC. The van der Waals surface area contributed by atoms with Crippen molar-refractivity contribution in [1.29, 1.82) is 0 Å². The highest BCUT2D eigenvalue weighted by Crippen LogP contribution is 1.78. The number of rotatable bonds is 6. The normalized spacial score (nSPS) is 11.3. The van der Waals surface area contributed by atoms with Crippen LogP contribution in [-0.4, -0.2) is 29.2 Å². The molecule has 0 rings (SSSR count). The summed E-state index contributed by atoms with van der Waals surface area (Å²) in [5.41, 5.74) is 0. The molecule has 0 aliphatic rings. The molecule has 0 N–H and O–H groups in total. The fraction of sp³-hybridized carbons (Fsp3) is 1.00. The van der Waals surface area contributed by atoms with Gasteiger partial charge in [0.2, 0.25) is 0 Å². The van der Waals surface area contributed by atoms with Crippen LogP contribution in [0.2, 0.25) is 0 Å². The Kier molecular flexibility index (Phi) is 8.26. The van der Waals surface area contributed by atoms with Gasteiger partial charge in [0.05, 0.1) is 6.23 Å². The summed E-state index contributed by atoms with van der Waals surface area (Å²) in [6.45, 7) is 5.87. The first-order valence-electron chi connectivity index (χ1n) is 3.57. The molecular weight excluding hydrogens is 132 g/mol. The molecular formula is C6H16O2Si. The number of ether oxygens (including phenoxy) is 1. The van der Waals surface area contributed by atoms with Gasteiger partial charge >= 0.3 is 0 Å². The summed E-state index contributed by atoms with van der Waals surface area (Å²) < 4.78 is 10.4. The molecule has 0 aliphatic heterocycles. The summed E-state index contributed by atoms with van der Waals surface area (Å²) in [6, 6.07) is 0. The molecule has 3 heteroatoms. The molecule has 0 bridgehead atoms. The fourth-order valence-corrected chi connectivity index (χ4v) is 1.24. The van der Waals surface area contributed by atoms with Crippen LogP contribution >= 0.6 is 0 Å². The van der Waals surface area contributed by atoms with E-state index in [0.29, 0.717) is 0 Å². The van der Waals surface area contributed by atoms with Gasteiger partial charge in [-0.15, -0.1) is 0 Å². The van der Waals surface area contributed by atoms with E-state index < -0.39 is 0 Å². The zero-order valence-electron chi connectivity index (χ0n) is 6.35. The van der Waals surface area contributed by atoms with Crippen LogP contribution in [0.5, 0.6) is 0 Å². The zero-order valence-corrected chi connectivity index (χ0v) is 7.77. The molecule has 0 atom stereocenters. The molecule has 9 heavy (non-hydrogen) atoms. The second-order valence-corrected chi connectivity index (χ2v) is 3.03. The molecule has 0 spiro atoms.